The van der Waals surface area contributed by atoms with Gasteiger partial charge in [0.2, 0.25) is 0 Å². The highest BCUT2D eigenvalue weighted by Gasteiger charge is 2.07. The van der Waals surface area contributed by atoms with Crippen molar-refractivity contribution in [2.24, 2.45) is 0 Å². The molecule has 0 fully saturated rings. The molecular formula is C13H28O. The summed E-state index contributed by atoms with van der Waals surface area (Å²) in [6.07, 6.45) is 10.1. The zero-order valence-electron chi connectivity index (χ0n) is 10.5. The minimum absolute atomic E-state index is 0.385. The maximum Gasteiger partial charge on any atom is 0.0576 e. The van der Waals surface area contributed by atoms with E-state index in [1.807, 2.05) is 0 Å². The van der Waals surface area contributed by atoms with Gasteiger partial charge in [-0.25, -0.2) is 0 Å². The Morgan fingerprint density at radius 3 is 2.07 bits per heavy atom. The van der Waals surface area contributed by atoms with Crippen LogP contribution in [0.15, 0.2) is 0 Å². The molecule has 0 aliphatic carbocycles. The smallest absolute Gasteiger partial charge is 0.0576 e. The van der Waals surface area contributed by atoms with Crippen LogP contribution in [0.3, 0.4) is 0 Å². The first kappa shape index (κ1) is 14.0. The largest absolute Gasteiger partial charge is 0.376 e. The van der Waals surface area contributed by atoms with Gasteiger partial charge in [-0.15, -0.1) is 0 Å². The highest BCUT2D eigenvalue weighted by atomic mass is 16.5. The van der Waals surface area contributed by atoms with Gasteiger partial charge in [0, 0.05) is 0 Å². The number of ether oxygens (including phenoxy) is 1. The second-order valence-electron chi connectivity index (χ2n) is 4.42. The molecule has 0 saturated carbocycles. The van der Waals surface area contributed by atoms with Crippen molar-refractivity contribution in [1.82, 2.24) is 0 Å². The predicted octanol–water partition coefficient (Wildman–Crippen LogP) is 4.55. The number of hydrogen-bond donors (Lipinski definition) is 0. The highest BCUT2D eigenvalue weighted by Crippen LogP contribution is 2.13. The normalized spacial score (nSPS) is 13.5. The third-order valence-corrected chi connectivity index (χ3v) is 2.55. The highest BCUT2D eigenvalue weighted by molar-refractivity contribution is 4.57. The van der Waals surface area contributed by atoms with Gasteiger partial charge in [-0.05, 0) is 26.7 Å². The van der Waals surface area contributed by atoms with Crippen molar-refractivity contribution in [3.05, 3.63) is 0 Å². The predicted molar refractivity (Wildman–Crippen MR) is 63.7 cm³/mol. The summed E-state index contributed by atoms with van der Waals surface area (Å²) in [4.78, 5) is 0. The van der Waals surface area contributed by atoms with E-state index in [0.717, 1.165) is 6.42 Å². The molecule has 0 saturated heterocycles. The van der Waals surface area contributed by atoms with Crippen LogP contribution in [0.25, 0.3) is 0 Å². The van der Waals surface area contributed by atoms with E-state index in [1.165, 1.54) is 38.5 Å². The quantitative estimate of drug-likeness (QED) is 0.496. The number of rotatable bonds is 9. The third kappa shape index (κ3) is 8.55. The average Bonchev–Trinajstić information content (AvgIpc) is 2.15. The van der Waals surface area contributed by atoms with E-state index in [2.05, 4.69) is 27.7 Å². The van der Waals surface area contributed by atoms with E-state index in [9.17, 15) is 0 Å². The first-order chi connectivity index (χ1) is 6.70. The van der Waals surface area contributed by atoms with Crippen LogP contribution in [0, 0.1) is 0 Å². The third-order valence-electron chi connectivity index (χ3n) is 2.55. The number of hydrogen-bond acceptors (Lipinski definition) is 1. The van der Waals surface area contributed by atoms with E-state index < -0.39 is 0 Å². The molecule has 0 aromatic carbocycles. The molecule has 0 aliphatic heterocycles. The van der Waals surface area contributed by atoms with E-state index >= 15 is 0 Å². The van der Waals surface area contributed by atoms with Crippen molar-refractivity contribution in [3.63, 3.8) is 0 Å². The Bertz CT molecular complexity index is 110. The van der Waals surface area contributed by atoms with Gasteiger partial charge in [0.1, 0.15) is 0 Å². The van der Waals surface area contributed by atoms with E-state index in [0.29, 0.717) is 12.2 Å². The van der Waals surface area contributed by atoms with Crippen molar-refractivity contribution in [2.45, 2.75) is 84.8 Å². The van der Waals surface area contributed by atoms with Crippen LogP contribution in [0.4, 0.5) is 0 Å². The van der Waals surface area contributed by atoms with Crippen molar-refractivity contribution in [3.8, 4) is 0 Å². The molecule has 0 radical (unpaired) electrons. The van der Waals surface area contributed by atoms with Crippen LogP contribution >= 0.6 is 0 Å². The van der Waals surface area contributed by atoms with E-state index in [4.69, 9.17) is 4.74 Å². The van der Waals surface area contributed by atoms with Gasteiger partial charge in [0.15, 0.2) is 0 Å². The monoisotopic (exact) mass is 200 g/mol. The summed E-state index contributed by atoms with van der Waals surface area (Å²) in [5.41, 5.74) is 0. The van der Waals surface area contributed by atoms with Crippen LogP contribution in [-0.2, 0) is 4.74 Å². The molecule has 0 heterocycles. The summed E-state index contributed by atoms with van der Waals surface area (Å²) in [6, 6.07) is 0. The molecule has 0 aliphatic rings. The van der Waals surface area contributed by atoms with Gasteiger partial charge in [0.25, 0.3) is 0 Å². The lowest BCUT2D eigenvalue weighted by atomic mass is 10.1. The summed E-state index contributed by atoms with van der Waals surface area (Å²) >= 11 is 0. The molecule has 0 bridgehead atoms. The molecule has 1 unspecified atom stereocenters. The first-order valence-corrected chi connectivity index (χ1v) is 6.36. The fourth-order valence-corrected chi connectivity index (χ4v) is 1.73. The minimum Gasteiger partial charge on any atom is -0.376 e. The maximum absolute atomic E-state index is 5.81. The molecule has 0 spiro atoms. The van der Waals surface area contributed by atoms with Crippen molar-refractivity contribution >= 4 is 0 Å². The summed E-state index contributed by atoms with van der Waals surface area (Å²) < 4.78 is 5.81. The van der Waals surface area contributed by atoms with Crippen LogP contribution < -0.4 is 0 Å². The van der Waals surface area contributed by atoms with Gasteiger partial charge >= 0.3 is 0 Å². The minimum atomic E-state index is 0.385. The van der Waals surface area contributed by atoms with Crippen molar-refractivity contribution in [2.75, 3.05) is 0 Å². The fraction of sp³-hybridized carbons (Fsp3) is 1.00. The lowest BCUT2D eigenvalue weighted by Crippen LogP contribution is -2.16. The molecule has 0 aromatic heterocycles. The molecule has 1 nitrogen and oxygen atoms in total. The van der Waals surface area contributed by atoms with Crippen LogP contribution in [0.1, 0.15) is 72.6 Å². The molecular weight excluding hydrogens is 172 g/mol. The fourth-order valence-electron chi connectivity index (χ4n) is 1.73. The van der Waals surface area contributed by atoms with Crippen molar-refractivity contribution < 1.29 is 4.74 Å². The topological polar surface area (TPSA) is 9.23 Å². The van der Waals surface area contributed by atoms with Crippen molar-refractivity contribution in [1.29, 1.82) is 0 Å². The van der Waals surface area contributed by atoms with Gasteiger partial charge in [0.05, 0.1) is 12.2 Å². The van der Waals surface area contributed by atoms with Crippen LogP contribution in [-0.4, -0.2) is 12.2 Å². The Morgan fingerprint density at radius 2 is 1.57 bits per heavy atom. The van der Waals surface area contributed by atoms with Gasteiger partial charge < -0.3 is 4.74 Å². The zero-order chi connectivity index (χ0) is 10.8. The molecule has 86 valence electrons. The van der Waals surface area contributed by atoms with Gasteiger partial charge in [-0.1, -0.05) is 46.0 Å². The summed E-state index contributed by atoms with van der Waals surface area (Å²) in [7, 11) is 0. The molecule has 0 rings (SSSR count). The van der Waals surface area contributed by atoms with Crippen LogP contribution in [0.2, 0.25) is 0 Å². The standard InChI is InChI=1S/C13H28O/c1-5-7-8-9-10-11-13(6-2)14-12(3)4/h12-13H,5-11H2,1-4H3. The van der Waals surface area contributed by atoms with Gasteiger partial charge in [-0.3, -0.25) is 0 Å². The molecule has 0 N–H and O–H groups in total. The summed E-state index contributed by atoms with van der Waals surface area (Å²) in [6.45, 7) is 8.73. The van der Waals surface area contributed by atoms with Gasteiger partial charge in [-0.2, -0.15) is 0 Å². The Kier molecular flexibility index (Phi) is 9.49. The Morgan fingerprint density at radius 1 is 0.929 bits per heavy atom. The molecule has 1 atom stereocenters. The first-order valence-electron chi connectivity index (χ1n) is 6.36. The van der Waals surface area contributed by atoms with E-state index in [-0.39, 0.29) is 0 Å². The van der Waals surface area contributed by atoms with E-state index in [1.54, 1.807) is 0 Å². The second kappa shape index (κ2) is 9.51. The molecule has 0 amide bonds. The Hall–Kier alpha value is -0.0400. The molecule has 14 heavy (non-hydrogen) atoms. The lowest BCUT2D eigenvalue weighted by Gasteiger charge is -2.18. The Labute approximate surface area is 90.2 Å². The summed E-state index contributed by atoms with van der Waals surface area (Å²) in [5, 5.41) is 0. The molecule has 0 aromatic rings. The lowest BCUT2D eigenvalue weighted by molar-refractivity contribution is 0.0000544. The molecule has 1 heteroatoms. The summed E-state index contributed by atoms with van der Waals surface area (Å²) in [5.74, 6) is 0. The SMILES string of the molecule is CCCCCCCC(CC)OC(C)C. The second-order valence-corrected chi connectivity index (χ2v) is 4.42. The average molecular weight is 200 g/mol. The number of unbranched alkanes of at least 4 members (excludes halogenated alkanes) is 4. The Balaban J connectivity index is 3.33. The zero-order valence-corrected chi connectivity index (χ0v) is 10.5. The maximum atomic E-state index is 5.81. The van der Waals surface area contributed by atoms with Crippen LogP contribution in [0.5, 0.6) is 0 Å².